The van der Waals surface area contributed by atoms with E-state index in [1.165, 1.54) is 39.4 Å². The number of esters is 1. The Morgan fingerprint density at radius 2 is 1.83 bits per heavy atom. The number of aryl methyl sites for hydroxylation is 2. The Morgan fingerprint density at radius 3 is 2.58 bits per heavy atom. The molecule has 320 valence electrons. The SMILES string of the molecule is CN(CCCn1nnc2cc(CNC[C@H](O)C3CCC(O)C4NC(=O)CCC43)c3c(c21)CCC3)C1CCC(OC(=O)C(O)(c2cccs2)c2ccc(C(C)(C)C)s2)CC1. The number of piperidine rings is 1. The van der Waals surface area contributed by atoms with Crippen LogP contribution >= 0.6 is 22.7 Å². The maximum atomic E-state index is 13.8. The molecule has 4 aromatic rings. The number of nitrogens with zero attached hydrogens (tertiary/aromatic N) is 4. The van der Waals surface area contributed by atoms with Crippen LogP contribution in [0.25, 0.3) is 11.0 Å². The summed E-state index contributed by atoms with van der Waals surface area (Å²) in [5.74, 6) is -0.442. The number of hydrogen-bond acceptors (Lipinski definition) is 12. The number of fused-ring (bicyclic) bond motifs is 4. The minimum Gasteiger partial charge on any atom is -0.460 e. The van der Waals surface area contributed by atoms with Gasteiger partial charge in [-0.25, -0.2) is 9.48 Å². The summed E-state index contributed by atoms with van der Waals surface area (Å²) < 4.78 is 8.20. The van der Waals surface area contributed by atoms with Crippen LogP contribution < -0.4 is 10.6 Å². The number of aliphatic hydroxyl groups excluding tert-OH is 2. The second-order valence-electron chi connectivity index (χ2n) is 18.6. The zero-order valence-corrected chi connectivity index (χ0v) is 36.6. The lowest BCUT2D eigenvalue weighted by molar-refractivity contribution is -0.169. The topological polar surface area (TPSA) is 162 Å². The van der Waals surface area contributed by atoms with Crippen molar-refractivity contribution in [3.8, 4) is 0 Å². The van der Waals surface area contributed by atoms with Crippen molar-refractivity contribution >= 4 is 45.6 Å². The van der Waals surface area contributed by atoms with Gasteiger partial charge in [-0.3, -0.25) is 4.79 Å². The lowest BCUT2D eigenvalue weighted by atomic mass is 9.68. The molecule has 8 rings (SSSR count). The molecule has 4 aliphatic rings. The molecule has 2 saturated carbocycles. The summed E-state index contributed by atoms with van der Waals surface area (Å²) in [6.45, 7) is 9.22. The Morgan fingerprint density at radius 1 is 1.05 bits per heavy atom. The van der Waals surface area contributed by atoms with E-state index in [4.69, 9.17) is 4.74 Å². The number of carbonyl (C=O) groups is 2. The van der Waals surface area contributed by atoms with Crippen molar-refractivity contribution in [2.75, 3.05) is 20.1 Å². The first-order valence-electron chi connectivity index (χ1n) is 21.8. The number of rotatable bonds is 14. The summed E-state index contributed by atoms with van der Waals surface area (Å²) in [5, 5.41) is 51.4. The van der Waals surface area contributed by atoms with Gasteiger partial charge >= 0.3 is 5.97 Å². The van der Waals surface area contributed by atoms with Crippen molar-refractivity contribution in [3.63, 3.8) is 0 Å². The normalized spacial score (nSPS) is 26.3. The Hall–Kier alpha value is -3.24. The highest BCUT2D eigenvalue weighted by Gasteiger charge is 2.46. The van der Waals surface area contributed by atoms with E-state index >= 15 is 0 Å². The molecule has 14 heteroatoms. The quantitative estimate of drug-likeness (QED) is 0.102. The van der Waals surface area contributed by atoms with Crippen molar-refractivity contribution in [2.24, 2.45) is 11.8 Å². The van der Waals surface area contributed by atoms with Crippen molar-refractivity contribution in [3.05, 3.63) is 67.0 Å². The molecule has 5 N–H and O–H groups in total. The van der Waals surface area contributed by atoms with Gasteiger partial charge in [0.1, 0.15) is 11.6 Å². The Balaban J connectivity index is 0.823. The van der Waals surface area contributed by atoms with Crippen molar-refractivity contribution in [1.82, 2.24) is 30.5 Å². The molecule has 0 bridgehead atoms. The third-order valence-corrected chi connectivity index (χ3v) is 16.3. The summed E-state index contributed by atoms with van der Waals surface area (Å²) in [6, 6.07) is 9.87. The fraction of sp³-hybridized carbons (Fsp3) is 0.644. The molecule has 3 aliphatic carbocycles. The van der Waals surface area contributed by atoms with E-state index in [0.29, 0.717) is 48.1 Å². The third kappa shape index (κ3) is 8.78. The highest BCUT2D eigenvalue weighted by molar-refractivity contribution is 7.13. The predicted molar refractivity (Wildman–Crippen MR) is 230 cm³/mol. The lowest BCUT2D eigenvalue weighted by Crippen LogP contribution is -2.58. The molecule has 4 heterocycles. The van der Waals surface area contributed by atoms with Crippen LogP contribution in [0.3, 0.4) is 0 Å². The summed E-state index contributed by atoms with van der Waals surface area (Å²) in [5.41, 5.74) is 4.14. The first kappa shape index (κ1) is 42.5. The standard InChI is InChI=1S/C45H62N6O6S2/c1-44(2,3)37-18-19-39(59-37)45(56,38-10-6-23-58-38)43(55)57-29-13-11-28(12-14-29)50(4)21-7-22-51-42-33-9-5-8-30(33)27(24-34(42)48-49-51)25-46-26-36(53)31-15-17-35(52)41-32(31)16-20-40(54)47-41/h6,10,18-19,23-24,28-29,31-32,35-36,41,46,52-53,56H,5,7-9,11-17,20-22,25-26H2,1-4H3,(H,47,54)/t28?,29?,31?,32?,35?,36-,41?,45?/m0/s1. The zero-order chi connectivity index (χ0) is 41.5. The van der Waals surface area contributed by atoms with Crippen LogP contribution in [0.15, 0.2) is 35.7 Å². The second kappa shape index (κ2) is 17.6. The van der Waals surface area contributed by atoms with Gasteiger partial charge in [0, 0.05) is 37.0 Å². The molecule has 6 atom stereocenters. The average molecular weight is 847 g/mol. The van der Waals surface area contributed by atoms with Gasteiger partial charge in [-0.1, -0.05) is 32.1 Å². The zero-order valence-electron chi connectivity index (χ0n) is 35.0. The fourth-order valence-corrected chi connectivity index (χ4v) is 12.4. The summed E-state index contributed by atoms with van der Waals surface area (Å²) >= 11 is 2.85. The van der Waals surface area contributed by atoms with Crippen molar-refractivity contribution < 1.29 is 29.6 Å². The number of hydrogen-bond donors (Lipinski definition) is 5. The predicted octanol–water partition coefficient (Wildman–Crippen LogP) is 5.57. The van der Waals surface area contributed by atoms with Gasteiger partial charge in [-0.2, -0.15) is 0 Å². The largest absolute Gasteiger partial charge is 0.460 e. The number of nitrogens with one attached hydrogen (secondary N) is 2. The van der Waals surface area contributed by atoms with Crippen LogP contribution in [-0.4, -0.2) is 97.6 Å². The molecule has 1 saturated heterocycles. The van der Waals surface area contributed by atoms with Crippen molar-refractivity contribution in [1.29, 1.82) is 0 Å². The molecule has 3 aromatic heterocycles. The monoisotopic (exact) mass is 846 g/mol. The van der Waals surface area contributed by atoms with Crippen LogP contribution in [0.4, 0.5) is 0 Å². The van der Waals surface area contributed by atoms with E-state index in [-0.39, 0.29) is 35.3 Å². The van der Waals surface area contributed by atoms with Gasteiger partial charge in [0.25, 0.3) is 0 Å². The highest BCUT2D eigenvalue weighted by atomic mass is 32.1. The number of thiophene rings is 2. The number of benzene rings is 1. The lowest BCUT2D eigenvalue weighted by Gasteiger charge is -2.45. The molecule has 0 spiro atoms. The van der Waals surface area contributed by atoms with Gasteiger partial charge in [-0.05, 0) is 148 Å². The minimum atomic E-state index is -1.81. The smallest absolute Gasteiger partial charge is 0.349 e. The van der Waals surface area contributed by atoms with Gasteiger partial charge in [0.05, 0.1) is 33.5 Å². The maximum absolute atomic E-state index is 13.8. The van der Waals surface area contributed by atoms with Gasteiger partial charge in [0.15, 0.2) is 0 Å². The van der Waals surface area contributed by atoms with Crippen LogP contribution in [0.2, 0.25) is 0 Å². The van der Waals surface area contributed by atoms with Crippen LogP contribution in [0.1, 0.15) is 116 Å². The number of ether oxygens (including phenoxy) is 1. The molecular weight excluding hydrogens is 785 g/mol. The van der Waals surface area contributed by atoms with E-state index < -0.39 is 23.8 Å². The van der Waals surface area contributed by atoms with E-state index in [1.54, 1.807) is 0 Å². The Kier molecular flexibility index (Phi) is 12.7. The molecule has 1 aromatic carbocycles. The first-order chi connectivity index (χ1) is 28.3. The van der Waals surface area contributed by atoms with Crippen LogP contribution in [0.5, 0.6) is 0 Å². The molecule has 0 radical (unpaired) electrons. The fourth-order valence-electron chi connectivity index (χ4n) is 10.3. The van der Waals surface area contributed by atoms with Gasteiger partial charge in [0.2, 0.25) is 11.5 Å². The summed E-state index contributed by atoms with van der Waals surface area (Å²) in [7, 11) is 2.19. The Bertz CT molecular complexity index is 2090. The molecular formula is C45H62N6O6S2. The van der Waals surface area contributed by atoms with E-state index in [9.17, 15) is 24.9 Å². The molecule has 1 amide bonds. The number of carbonyl (C=O) groups excluding carboxylic acids is 2. The van der Waals surface area contributed by atoms with E-state index in [0.717, 1.165) is 86.8 Å². The average Bonchev–Trinajstić information content (AvgIpc) is 4.05. The first-order valence-corrected chi connectivity index (χ1v) is 23.5. The number of amides is 1. The maximum Gasteiger partial charge on any atom is 0.349 e. The van der Waals surface area contributed by atoms with Gasteiger partial charge < -0.3 is 35.6 Å². The summed E-state index contributed by atoms with van der Waals surface area (Å²) in [4.78, 5) is 30.5. The molecule has 59 heavy (non-hydrogen) atoms. The minimum absolute atomic E-state index is 0.00536. The Labute approximate surface area is 355 Å². The summed E-state index contributed by atoms with van der Waals surface area (Å²) in [6.07, 6.45) is 8.68. The molecule has 3 fully saturated rings. The van der Waals surface area contributed by atoms with Crippen LogP contribution in [-0.2, 0) is 51.3 Å². The van der Waals surface area contributed by atoms with E-state index in [2.05, 4.69) is 64.4 Å². The highest BCUT2D eigenvalue weighted by Crippen LogP contribution is 2.42. The van der Waals surface area contributed by atoms with Crippen molar-refractivity contribution in [2.45, 2.75) is 152 Å². The van der Waals surface area contributed by atoms with E-state index in [1.807, 2.05) is 29.6 Å². The molecule has 12 nitrogen and oxygen atoms in total. The second-order valence-corrected chi connectivity index (χ2v) is 20.6. The van der Waals surface area contributed by atoms with Crippen LogP contribution in [0, 0.1) is 11.8 Å². The van der Waals surface area contributed by atoms with Gasteiger partial charge in [-0.15, -0.1) is 27.8 Å². The molecule has 5 unspecified atom stereocenters. The number of aromatic nitrogens is 3. The number of aliphatic hydroxyl groups is 3. The third-order valence-electron chi connectivity index (χ3n) is 13.7. The molecule has 1 aliphatic heterocycles.